The first kappa shape index (κ1) is 16.6. The maximum Gasteiger partial charge on any atom is 0.241 e. The first-order valence-corrected chi connectivity index (χ1v) is 8.94. The van der Waals surface area contributed by atoms with Crippen molar-refractivity contribution in [2.24, 2.45) is 7.05 Å². The maximum atomic E-state index is 13.1. The van der Waals surface area contributed by atoms with E-state index in [2.05, 4.69) is 9.71 Å². The second-order valence-electron chi connectivity index (χ2n) is 5.78. The van der Waals surface area contributed by atoms with Crippen molar-refractivity contribution in [1.82, 2.24) is 14.3 Å². The number of hydrogen-bond donors (Lipinski definition) is 1. The standard InChI is InChI=1S/C17H18FN3O2S/c1-11-8-14(18)5-7-17(11)24(22,23)19-10-13-4-6-16-15(9-13)20-12(2)21(16)3/h4-9,19H,10H2,1-3H3. The van der Waals surface area contributed by atoms with Gasteiger partial charge < -0.3 is 4.57 Å². The molecular weight excluding hydrogens is 329 g/mol. The van der Waals surface area contributed by atoms with Crippen molar-refractivity contribution in [3.05, 3.63) is 59.2 Å². The van der Waals surface area contributed by atoms with E-state index in [-0.39, 0.29) is 11.4 Å². The van der Waals surface area contributed by atoms with Gasteiger partial charge in [-0.2, -0.15) is 0 Å². The molecule has 126 valence electrons. The number of imidazole rings is 1. The zero-order valence-electron chi connectivity index (χ0n) is 13.7. The fourth-order valence-corrected chi connectivity index (χ4v) is 3.89. The summed E-state index contributed by atoms with van der Waals surface area (Å²) in [6, 6.07) is 9.27. The molecule has 0 unspecified atom stereocenters. The normalized spacial score (nSPS) is 12.0. The highest BCUT2D eigenvalue weighted by atomic mass is 32.2. The number of nitrogens with one attached hydrogen (secondary N) is 1. The van der Waals surface area contributed by atoms with Crippen molar-refractivity contribution in [1.29, 1.82) is 0 Å². The highest BCUT2D eigenvalue weighted by Gasteiger charge is 2.17. The van der Waals surface area contributed by atoms with Gasteiger partial charge in [0.2, 0.25) is 10.0 Å². The second-order valence-corrected chi connectivity index (χ2v) is 7.51. The lowest BCUT2D eigenvalue weighted by Gasteiger charge is -2.09. The van der Waals surface area contributed by atoms with Gasteiger partial charge in [-0.1, -0.05) is 6.07 Å². The van der Waals surface area contributed by atoms with Gasteiger partial charge in [0.1, 0.15) is 11.6 Å². The Morgan fingerprint density at radius 2 is 1.92 bits per heavy atom. The van der Waals surface area contributed by atoms with Crippen LogP contribution in [0.25, 0.3) is 11.0 Å². The van der Waals surface area contributed by atoms with Crippen LogP contribution in [0.2, 0.25) is 0 Å². The van der Waals surface area contributed by atoms with Crippen LogP contribution >= 0.6 is 0 Å². The number of benzene rings is 2. The van der Waals surface area contributed by atoms with Crippen molar-refractivity contribution in [3.8, 4) is 0 Å². The first-order valence-electron chi connectivity index (χ1n) is 7.46. The summed E-state index contributed by atoms with van der Waals surface area (Å²) >= 11 is 0. The topological polar surface area (TPSA) is 64.0 Å². The Morgan fingerprint density at radius 1 is 1.17 bits per heavy atom. The quantitative estimate of drug-likeness (QED) is 0.789. The Kier molecular flexibility index (Phi) is 4.15. The highest BCUT2D eigenvalue weighted by molar-refractivity contribution is 7.89. The first-order chi connectivity index (χ1) is 11.3. The zero-order valence-corrected chi connectivity index (χ0v) is 14.5. The molecule has 5 nitrogen and oxygen atoms in total. The minimum absolute atomic E-state index is 0.0821. The van der Waals surface area contributed by atoms with Crippen LogP contribution in [0.3, 0.4) is 0 Å². The van der Waals surface area contributed by atoms with Crippen molar-refractivity contribution >= 4 is 21.1 Å². The molecule has 0 atom stereocenters. The van der Waals surface area contributed by atoms with Crippen LogP contribution in [-0.4, -0.2) is 18.0 Å². The summed E-state index contributed by atoms with van der Waals surface area (Å²) in [5.41, 5.74) is 3.00. The van der Waals surface area contributed by atoms with Crippen LogP contribution in [0.15, 0.2) is 41.3 Å². The third kappa shape index (κ3) is 3.05. The van der Waals surface area contributed by atoms with Crippen LogP contribution in [-0.2, 0) is 23.6 Å². The average molecular weight is 347 g/mol. The summed E-state index contributed by atoms with van der Waals surface area (Å²) in [6.45, 7) is 3.63. The lowest BCUT2D eigenvalue weighted by atomic mass is 10.2. The molecule has 0 aliphatic carbocycles. The number of sulfonamides is 1. The molecule has 0 fully saturated rings. The molecule has 0 saturated carbocycles. The van der Waals surface area contributed by atoms with Crippen LogP contribution in [0.1, 0.15) is 17.0 Å². The molecule has 1 heterocycles. The van der Waals surface area contributed by atoms with E-state index in [4.69, 9.17) is 0 Å². The van der Waals surface area contributed by atoms with Gasteiger partial charge in [-0.25, -0.2) is 22.5 Å². The molecule has 0 bridgehead atoms. The molecule has 1 N–H and O–H groups in total. The molecule has 7 heteroatoms. The van der Waals surface area contributed by atoms with Crippen LogP contribution in [0.5, 0.6) is 0 Å². The van der Waals surface area contributed by atoms with Crippen molar-refractivity contribution in [3.63, 3.8) is 0 Å². The van der Waals surface area contributed by atoms with Gasteiger partial charge in [-0.05, 0) is 55.3 Å². The molecule has 0 radical (unpaired) electrons. The number of halogens is 1. The van der Waals surface area contributed by atoms with E-state index in [1.807, 2.05) is 36.7 Å². The molecule has 3 rings (SSSR count). The Balaban J connectivity index is 1.84. The van der Waals surface area contributed by atoms with E-state index in [0.717, 1.165) is 28.5 Å². The summed E-state index contributed by atoms with van der Waals surface area (Å²) in [5.74, 6) is 0.437. The fraction of sp³-hybridized carbons (Fsp3) is 0.235. The van der Waals surface area contributed by atoms with Gasteiger partial charge in [0.25, 0.3) is 0 Å². The van der Waals surface area contributed by atoms with Gasteiger partial charge in [-0.3, -0.25) is 0 Å². The lowest BCUT2D eigenvalue weighted by Crippen LogP contribution is -2.24. The van der Waals surface area contributed by atoms with Crippen molar-refractivity contribution in [2.75, 3.05) is 0 Å². The summed E-state index contributed by atoms with van der Waals surface area (Å²) in [7, 11) is -1.77. The summed E-state index contributed by atoms with van der Waals surface area (Å²) in [5, 5.41) is 0. The van der Waals surface area contributed by atoms with Gasteiger partial charge >= 0.3 is 0 Å². The van der Waals surface area contributed by atoms with E-state index >= 15 is 0 Å². The predicted molar refractivity (Wildman–Crippen MR) is 90.6 cm³/mol. The fourth-order valence-electron chi connectivity index (χ4n) is 2.65. The highest BCUT2D eigenvalue weighted by Crippen LogP contribution is 2.19. The lowest BCUT2D eigenvalue weighted by molar-refractivity contribution is 0.579. The summed E-state index contributed by atoms with van der Waals surface area (Å²) in [6.07, 6.45) is 0. The Hall–Kier alpha value is -2.25. The number of aromatic nitrogens is 2. The van der Waals surface area contributed by atoms with E-state index in [1.54, 1.807) is 6.92 Å². The molecule has 1 aromatic heterocycles. The average Bonchev–Trinajstić information content (AvgIpc) is 2.79. The van der Waals surface area contributed by atoms with Gasteiger partial charge in [-0.15, -0.1) is 0 Å². The summed E-state index contributed by atoms with van der Waals surface area (Å²) in [4.78, 5) is 4.53. The van der Waals surface area contributed by atoms with Crippen LogP contribution in [0.4, 0.5) is 4.39 Å². The molecule has 0 saturated heterocycles. The molecule has 0 amide bonds. The number of aryl methyl sites for hydroxylation is 3. The second kappa shape index (κ2) is 5.99. The number of fused-ring (bicyclic) bond motifs is 1. The summed E-state index contributed by atoms with van der Waals surface area (Å²) < 4.78 is 42.5. The SMILES string of the molecule is Cc1cc(F)ccc1S(=O)(=O)NCc1ccc2c(c1)nc(C)n2C. The minimum Gasteiger partial charge on any atom is -0.331 e. The zero-order chi connectivity index (χ0) is 17.5. The van der Waals surface area contributed by atoms with Crippen LogP contribution < -0.4 is 4.72 Å². The van der Waals surface area contributed by atoms with Gasteiger partial charge in [0.15, 0.2) is 0 Å². The van der Waals surface area contributed by atoms with E-state index in [9.17, 15) is 12.8 Å². The smallest absolute Gasteiger partial charge is 0.241 e. The van der Waals surface area contributed by atoms with Gasteiger partial charge in [0, 0.05) is 13.6 Å². The molecule has 0 aliphatic heterocycles. The van der Waals surface area contributed by atoms with Crippen LogP contribution in [0, 0.1) is 19.7 Å². The Bertz CT molecular complexity index is 1030. The minimum atomic E-state index is -3.70. The monoisotopic (exact) mass is 347 g/mol. The predicted octanol–water partition coefficient (Wildman–Crippen LogP) is 2.81. The number of rotatable bonds is 4. The number of hydrogen-bond acceptors (Lipinski definition) is 3. The van der Waals surface area contributed by atoms with E-state index in [0.29, 0.717) is 5.56 Å². The Morgan fingerprint density at radius 3 is 2.62 bits per heavy atom. The molecule has 0 aliphatic rings. The van der Waals surface area contributed by atoms with E-state index < -0.39 is 15.8 Å². The molecular formula is C17H18FN3O2S. The molecule has 0 spiro atoms. The third-order valence-electron chi connectivity index (χ3n) is 4.06. The van der Waals surface area contributed by atoms with Gasteiger partial charge in [0.05, 0.1) is 15.9 Å². The third-order valence-corrected chi connectivity index (χ3v) is 5.62. The molecule has 3 aromatic rings. The van der Waals surface area contributed by atoms with E-state index in [1.165, 1.54) is 12.1 Å². The van der Waals surface area contributed by atoms with Crippen molar-refractivity contribution in [2.45, 2.75) is 25.3 Å². The Labute approximate surface area is 140 Å². The molecule has 24 heavy (non-hydrogen) atoms. The maximum absolute atomic E-state index is 13.1. The largest absolute Gasteiger partial charge is 0.331 e. The molecule has 2 aromatic carbocycles. The van der Waals surface area contributed by atoms with Crippen molar-refractivity contribution < 1.29 is 12.8 Å². The number of nitrogens with zero attached hydrogens (tertiary/aromatic N) is 2.